The summed E-state index contributed by atoms with van der Waals surface area (Å²) in [5.41, 5.74) is 7.61. The Morgan fingerprint density at radius 1 is 0.959 bits per heavy atom. The molecular weight excluding hydrogens is 665 g/mol. The number of aromatic nitrogens is 3. The second-order valence-corrected chi connectivity index (χ2v) is 12.7. The van der Waals surface area contributed by atoms with Crippen LogP contribution in [0, 0.1) is 0 Å². The number of hydrogen-bond acceptors (Lipinski definition) is 11. The first-order valence-electron chi connectivity index (χ1n) is 14.6. The van der Waals surface area contributed by atoms with Gasteiger partial charge in [-0.2, -0.15) is 18.2 Å². The number of nitrogens with one attached hydrogen (secondary N) is 3. The summed E-state index contributed by atoms with van der Waals surface area (Å²) in [6.07, 6.45) is -0.406. The first-order chi connectivity index (χ1) is 23.4. The number of alkyl halides is 3. The highest BCUT2D eigenvalue weighted by molar-refractivity contribution is 7.89. The molecule has 1 aliphatic rings. The lowest BCUT2D eigenvalue weighted by atomic mass is 10.0. The molecule has 6 rings (SSSR count). The van der Waals surface area contributed by atoms with Gasteiger partial charge in [-0.05, 0) is 60.9 Å². The molecule has 1 aliphatic carbocycles. The maximum absolute atomic E-state index is 13.6. The zero-order valence-electron chi connectivity index (χ0n) is 25.9. The Bertz CT molecular complexity index is 2190. The smallest absolute Gasteiger partial charge is 0.416 e. The molecule has 0 radical (unpaired) electrons. The molecule has 2 aromatic heterocycles. The van der Waals surface area contributed by atoms with E-state index in [2.05, 4.69) is 35.5 Å². The fraction of sp³-hybridized carbons (Fsp3) is 0.188. The summed E-state index contributed by atoms with van der Waals surface area (Å²) in [5.74, 6) is -0.0444. The lowest BCUT2D eigenvalue weighted by molar-refractivity contribution is -0.137. The lowest BCUT2D eigenvalue weighted by Gasteiger charge is -2.18. The number of fused-ring (bicyclic) bond motifs is 1. The van der Waals surface area contributed by atoms with Gasteiger partial charge in [0, 0.05) is 46.4 Å². The fourth-order valence-corrected chi connectivity index (χ4v) is 6.45. The quantitative estimate of drug-likeness (QED) is 0.0491. The van der Waals surface area contributed by atoms with Crippen molar-refractivity contribution >= 4 is 49.5 Å². The van der Waals surface area contributed by atoms with Gasteiger partial charge in [0.25, 0.3) is 0 Å². The summed E-state index contributed by atoms with van der Waals surface area (Å²) in [6.45, 7) is 0. The van der Waals surface area contributed by atoms with E-state index in [0.29, 0.717) is 34.9 Å². The molecule has 0 saturated heterocycles. The van der Waals surface area contributed by atoms with Crippen LogP contribution in [0.25, 0.3) is 22.0 Å². The average Bonchev–Trinajstić information content (AvgIpc) is 3.90. The molecule has 5 aromatic rings. The summed E-state index contributed by atoms with van der Waals surface area (Å²) in [6, 6.07) is 14.1. The Kier molecular flexibility index (Phi) is 8.87. The average molecular weight is 695 g/mol. The molecule has 0 spiro atoms. The minimum atomic E-state index is -4.57. The highest BCUT2D eigenvalue weighted by Crippen LogP contribution is 2.38. The van der Waals surface area contributed by atoms with Gasteiger partial charge in [0.15, 0.2) is 5.84 Å². The highest BCUT2D eigenvalue weighted by atomic mass is 32.2. The SMILES string of the molecule is COc1ncc(-c2ccc3c(Nc4cc(Nc5cccc(C(F)(F)F)c5)cc(C(N)=NO)c4)c(S(=O)(=O)NC4CC4)cnc3c2)c(OC)n1. The van der Waals surface area contributed by atoms with Crippen LogP contribution in [0.15, 0.2) is 83.1 Å². The molecule has 3 aromatic carbocycles. The molecule has 0 atom stereocenters. The van der Waals surface area contributed by atoms with Gasteiger partial charge in [-0.25, -0.2) is 18.1 Å². The van der Waals surface area contributed by atoms with E-state index >= 15 is 0 Å². The first kappa shape index (κ1) is 33.2. The molecule has 254 valence electrons. The van der Waals surface area contributed by atoms with Crippen LogP contribution in [-0.4, -0.2) is 54.7 Å². The predicted molar refractivity (Wildman–Crippen MR) is 176 cm³/mol. The number of pyridine rings is 1. The summed E-state index contributed by atoms with van der Waals surface area (Å²) in [7, 11) is -1.19. The second kappa shape index (κ2) is 13.1. The van der Waals surface area contributed by atoms with Gasteiger partial charge in [0.1, 0.15) is 4.90 Å². The molecule has 17 heteroatoms. The summed E-state index contributed by atoms with van der Waals surface area (Å²) < 4.78 is 80.6. The zero-order chi connectivity index (χ0) is 34.9. The molecule has 0 unspecified atom stereocenters. The molecule has 13 nitrogen and oxygen atoms in total. The van der Waals surface area contributed by atoms with Crippen LogP contribution in [0.1, 0.15) is 24.0 Å². The van der Waals surface area contributed by atoms with E-state index in [0.717, 1.165) is 12.1 Å². The Labute approximate surface area is 278 Å². The molecule has 49 heavy (non-hydrogen) atoms. The largest absolute Gasteiger partial charge is 0.480 e. The topological polar surface area (TPSA) is 186 Å². The van der Waals surface area contributed by atoms with Crippen LogP contribution in [0.2, 0.25) is 0 Å². The minimum absolute atomic E-state index is 0.111. The van der Waals surface area contributed by atoms with Crippen molar-refractivity contribution < 1.29 is 36.3 Å². The molecule has 0 bridgehead atoms. The van der Waals surface area contributed by atoms with E-state index in [9.17, 15) is 26.8 Å². The van der Waals surface area contributed by atoms with E-state index in [1.807, 2.05) is 0 Å². The van der Waals surface area contributed by atoms with E-state index < -0.39 is 21.8 Å². The molecule has 0 amide bonds. The lowest BCUT2D eigenvalue weighted by Crippen LogP contribution is -2.26. The third-order valence-corrected chi connectivity index (χ3v) is 9.06. The number of ether oxygens (including phenoxy) is 2. The Hall–Kier alpha value is -5.68. The maximum atomic E-state index is 13.6. The number of nitrogens with two attached hydrogens (primary N) is 1. The van der Waals surface area contributed by atoms with Gasteiger partial charge >= 0.3 is 12.2 Å². The summed E-state index contributed by atoms with van der Waals surface area (Å²) in [5, 5.41) is 19.0. The molecule has 1 fully saturated rings. The predicted octanol–water partition coefficient (Wildman–Crippen LogP) is 5.75. The number of methoxy groups -OCH3 is 2. The summed E-state index contributed by atoms with van der Waals surface area (Å²) in [4.78, 5) is 12.7. The van der Waals surface area contributed by atoms with Crippen LogP contribution < -0.4 is 30.6 Å². The van der Waals surface area contributed by atoms with Crippen LogP contribution in [0.3, 0.4) is 0 Å². The number of benzene rings is 3. The number of amidine groups is 1. The standard InChI is InChI=1S/C32H29F3N8O5S/c1-47-30-25(15-38-31(41-30)48-2)17-6-9-24-26(12-17)37-16-27(49(45,46)43-20-7-8-20)28(24)40-23-11-18(29(36)42-44)10-22(14-23)39-21-5-3-4-19(13-21)32(33,34)35/h3-6,9-16,20,39,43-44H,7-8H2,1-2H3,(H2,36,42)(H,37,40). The van der Waals surface area contributed by atoms with Gasteiger partial charge in [-0.3, -0.25) is 4.98 Å². The van der Waals surface area contributed by atoms with E-state index in [-0.39, 0.29) is 57.0 Å². The monoisotopic (exact) mass is 694 g/mol. The number of nitrogens with zero attached hydrogens (tertiary/aromatic N) is 4. The summed E-state index contributed by atoms with van der Waals surface area (Å²) >= 11 is 0. The third-order valence-electron chi connectivity index (χ3n) is 7.53. The van der Waals surface area contributed by atoms with Gasteiger partial charge in [-0.1, -0.05) is 23.4 Å². The Morgan fingerprint density at radius 3 is 2.39 bits per heavy atom. The second-order valence-electron chi connectivity index (χ2n) is 11.0. The van der Waals surface area contributed by atoms with Crippen molar-refractivity contribution in [2.75, 3.05) is 24.9 Å². The normalized spacial score (nSPS) is 13.7. The highest BCUT2D eigenvalue weighted by Gasteiger charge is 2.31. The molecular formula is C32H29F3N8O5S. The minimum Gasteiger partial charge on any atom is -0.480 e. The molecule has 6 N–H and O–H groups in total. The van der Waals surface area contributed by atoms with Crippen LogP contribution in [0.4, 0.5) is 35.9 Å². The maximum Gasteiger partial charge on any atom is 0.416 e. The van der Waals surface area contributed by atoms with Crippen molar-refractivity contribution in [3.8, 4) is 23.0 Å². The number of oxime groups is 1. The van der Waals surface area contributed by atoms with Crippen molar-refractivity contribution in [3.63, 3.8) is 0 Å². The van der Waals surface area contributed by atoms with Gasteiger partial charge in [0.2, 0.25) is 15.9 Å². The molecule has 0 aliphatic heterocycles. The zero-order valence-corrected chi connectivity index (χ0v) is 26.7. The van der Waals surface area contributed by atoms with Crippen molar-refractivity contribution in [1.82, 2.24) is 19.7 Å². The Balaban J connectivity index is 1.47. The molecule has 2 heterocycles. The fourth-order valence-electron chi connectivity index (χ4n) is 5.02. The van der Waals surface area contributed by atoms with Gasteiger partial charge in [-0.15, -0.1) is 0 Å². The Morgan fingerprint density at radius 2 is 1.71 bits per heavy atom. The number of rotatable bonds is 11. The number of sulfonamides is 1. The van der Waals surface area contributed by atoms with Gasteiger partial charge in [0.05, 0.1) is 36.6 Å². The number of hydrogen-bond donors (Lipinski definition) is 5. The first-order valence-corrected chi connectivity index (χ1v) is 16.1. The van der Waals surface area contributed by atoms with Crippen molar-refractivity contribution in [1.29, 1.82) is 0 Å². The van der Waals surface area contributed by atoms with Gasteiger partial charge < -0.3 is 31.0 Å². The number of anilines is 4. The third kappa shape index (κ3) is 7.26. The van der Waals surface area contributed by atoms with Crippen molar-refractivity contribution in [2.24, 2.45) is 10.9 Å². The van der Waals surface area contributed by atoms with Crippen molar-refractivity contribution in [2.45, 2.75) is 30.0 Å². The molecule has 1 saturated carbocycles. The number of halogens is 3. The van der Waals surface area contributed by atoms with E-state index in [1.54, 1.807) is 24.3 Å². The van der Waals surface area contributed by atoms with E-state index in [4.69, 9.17) is 15.2 Å². The van der Waals surface area contributed by atoms with Crippen LogP contribution >= 0.6 is 0 Å². The van der Waals surface area contributed by atoms with Crippen molar-refractivity contribution in [3.05, 3.63) is 84.2 Å². The van der Waals surface area contributed by atoms with Crippen LogP contribution in [0.5, 0.6) is 11.9 Å². The van der Waals surface area contributed by atoms with E-state index in [1.165, 1.54) is 50.9 Å². The van der Waals surface area contributed by atoms with Crippen LogP contribution in [-0.2, 0) is 16.2 Å².